The number of hydrogen-bond donors (Lipinski definition) is 2. The second-order valence-electron chi connectivity index (χ2n) is 8.34. The van der Waals surface area contributed by atoms with Crippen LogP contribution < -0.4 is 14.8 Å². The van der Waals surface area contributed by atoms with Crippen molar-refractivity contribution in [1.82, 2.24) is 4.98 Å². The fourth-order valence-corrected chi connectivity index (χ4v) is 4.53. The summed E-state index contributed by atoms with van der Waals surface area (Å²) in [6.07, 6.45) is 1.98. The van der Waals surface area contributed by atoms with Crippen LogP contribution in [0.25, 0.3) is 11.1 Å². The van der Waals surface area contributed by atoms with E-state index in [9.17, 15) is 14.7 Å². The molecule has 0 bridgehead atoms. The van der Waals surface area contributed by atoms with Crippen LogP contribution in [0.15, 0.2) is 79.0 Å². The lowest BCUT2D eigenvalue weighted by atomic mass is 9.93. The van der Waals surface area contributed by atoms with Crippen LogP contribution in [0.5, 0.6) is 17.2 Å². The normalized spacial score (nSPS) is 14.3. The molecule has 1 aliphatic heterocycles. The number of aliphatic carboxylic acids is 1. The number of halogens is 2. The van der Waals surface area contributed by atoms with Gasteiger partial charge in [0.25, 0.3) is 5.91 Å². The second kappa shape index (κ2) is 10.5. The Hall–Kier alpha value is -4.07. The number of hydrogen-bond acceptors (Lipinski definition) is 5. The predicted octanol–water partition coefficient (Wildman–Crippen LogP) is 7.05. The number of fused-ring (bicyclic) bond motifs is 1. The summed E-state index contributed by atoms with van der Waals surface area (Å²) in [7, 11) is 0. The number of benzene rings is 3. The molecule has 7 nitrogen and oxygen atoms in total. The van der Waals surface area contributed by atoms with E-state index in [-0.39, 0.29) is 10.9 Å². The lowest BCUT2D eigenvalue weighted by molar-refractivity contribution is -0.139. The number of ether oxygens (including phenoxy) is 2. The van der Waals surface area contributed by atoms with Gasteiger partial charge in [-0.1, -0.05) is 41.4 Å². The number of carbonyl (C=O) groups excluding carboxylic acids is 1. The van der Waals surface area contributed by atoms with E-state index in [0.717, 1.165) is 11.1 Å². The van der Waals surface area contributed by atoms with Gasteiger partial charge in [-0.3, -0.25) is 9.59 Å². The van der Waals surface area contributed by atoms with Gasteiger partial charge in [0.2, 0.25) is 0 Å². The van der Waals surface area contributed by atoms with Crippen molar-refractivity contribution in [3.63, 3.8) is 0 Å². The first kappa shape index (κ1) is 24.6. The summed E-state index contributed by atoms with van der Waals surface area (Å²) in [6.45, 7) is 0.297. The minimum absolute atomic E-state index is 0.266. The first-order valence-corrected chi connectivity index (χ1v) is 12.1. The molecule has 0 saturated carbocycles. The molecule has 4 aromatic rings. The first-order chi connectivity index (χ1) is 17.9. The zero-order valence-electron chi connectivity index (χ0n) is 19.3. The number of pyridine rings is 1. The smallest absolute Gasteiger partial charge is 0.311 e. The van der Waals surface area contributed by atoms with Crippen molar-refractivity contribution in [2.45, 2.75) is 12.3 Å². The summed E-state index contributed by atoms with van der Waals surface area (Å²) in [4.78, 5) is 28.6. The highest BCUT2D eigenvalue weighted by Crippen LogP contribution is 2.42. The van der Waals surface area contributed by atoms with Crippen molar-refractivity contribution in [2.75, 3.05) is 11.9 Å². The van der Waals surface area contributed by atoms with E-state index >= 15 is 0 Å². The maximum absolute atomic E-state index is 12.8. The van der Waals surface area contributed by atoms with E-state index in [4.69, 9.17) is 32.7 Å². The average molecular weight is 535 g/mol. The lowest BCUT2D eigenvalue weighted by Gasteiger charge is -2.24. The maximum Gasteiger partial charge on any atom is 0.311 e. The summed E-state index contributed by atoms with van der Waals surface area (Å²) in [5.41, 5.74) is 2.60. The van der Waals surface area contributed by atoms with Crippen molar-refractivity contribution in [3.8, 4) is 28.4 Å². The van der Waals surface area contributed by atoms with E-state index in [1.54, 1.807) is 54.7 Å². The zero-order chi connectivity index (χ0) is 25.9. The Bertz CT molecular complexity index is 1490. The number of amides is 1. The van der Waals surface area contributed by atoms with Crippen molar-refractivity contribution >= 4 is 40.9 Å². The number of nitrogens with one attached hydrogen (secondary N) is 1. The Kier molecular flexibility index (Phi) is 6.99. The van der Waals surface area contributed by atoms with Crippen molar-refractivity contribution in [3.05, 3.63) is 100 Å². The SMILES string of the molecule is O=C(Nc1cc(-c2ccccc2Cl)ccn1)c1ccc(Oc2cc3c(cc2Cl)C(C(=O)O)CCO3)cc1. The summed E-state index contributed by atoms with van der Waals surface area (Å²) in [5.74, 6) is -0.340. The Morgan fingerprint density at radius 1 is 1.00 bits per heavy atom. The van der Waals surface area contributed by atoms with Crippen LogP contribution >= 0.6 is 23.2 Å². The standard InChI is InChI=1S/C28H20Cl2N2O5/c29-22-4-2-1-3-19(22)17-9-11-31-26(13-17)32-27(33)16-5-7-18(8-6-16)37-25-15-24-21(14-23(25)30)20(28(34)35)10-12-36-24/h1-9,11,13-15,20H,10,12H2,(H,34,35)(H,31,32,33). The van der Waals surface area contributed by atoms with E-state index in [1.165, 1.54) is 0 Å². The number of aromatic nitrogens is 1. The Labute approximate surface area is 222 Å². The minimum Gasteiger partial charge on any atom is -0.493 e. The monoisotopic (exact) mass is 534 g/mol. The van der Waals surface area contributed by atoms with Crippen molar-refractivity contribution < 1.29 is 24.2 Å². The number of carboxylic acids is 1. The van der Waals surface area contributed by atoms with E-state index < -0.39 is 11.9 Å². The van der Waals surface area contributed by atoms with Gasteiger partial charge in [-0.25, -0.2) is 4.98 Å². The van der Waals surface area contributed by atoms with Crippen LogP contribution in [-0.4, -0.2) is 28.6 Å². The second-order valence-corrected chi connectivity index (χ2v) is 9.15. The van der Waals surface area contributed by atoms with Crippen molar-refractivity contribution in [1.29, 1.82) is 0 Å². The molecule has 5 rings (SSSR count). The lowest BCUT2D eigenvalue weighted by Crippen LogP contribution is -2.20. The number of carbonyl (C=O) groups is 2. The van der Waals surface area contributed by atoms with Crippen LogP contribution in [0.3, 0.4) is 0 Å². The van der Waals surface area contributed by atoms with Crippen LogP contribution in [-0.2, 0) is 4.79 Å². The number of rotatable bonds is 6. The fourth-order valence-electron chi connectivity index (χ4n) is 4.08. The molecule has 1 amide bonds. The molecule has 186 valence electrons. The Balaban J connectivity index is 1.29. The van der Waals surface area contributed by atoms with Gasteiger partial charge >= 0.3 is 5.97 Å². The van der Waals surface area contributed by atoms with E-state index in [0.29, 0.717) is 52.2 Å². The highest BCUT2D eigenvalue weighted by molar-refractivity contribution is 6.33. The van der Waals surface area contributed by atoms with Gasteiger partial charge in [-0.2, -0.15) is 0 Å². The topological polar surface area (TPSA) is 97.8 Å². The molecule has 1 aromatic heterocycles. The molecule has 0 radical (unpaired) electrons. The molecular weight excluding hydrogens is 515 g/mol. The first-order valence-electron chi connectivity index (χ1n) is 11.4. The molecule has 1 unspecified atom stereocenters. The Morgan fingerprint density at radius 2 is 1.78 bits per heavy atom. The van der Waals surface area contributed by atoms with Gasteiger partial charge in [-0.05, 0) is 60.5 Å². The molecule has 0 aliphatic carbocycles. The predicted molar refractivity (Wildman–Crippen MR) is 141 cm³/mol. The van der Waals surface area contributed by atoms with Crippen LogP contribution in [0.2, 0.25) is 10.0 Å². The molecule has 9 heteroatoms. The van der Waals surface area contributed by atoms with Crippen LogP contribution in [0.4, 0.5) is 5.82 Å². The molecule has 0 fully saturated rings. The third-order valence-corrected chi connectivity index (χ3v) is 6.56. The summed E-state index contributed by atoms with van der Waals surface area (Å²) in [6, 6.07) is 20.7. The number of anilines is 1. The van der Waals surface area contributed by atoms with E-state index in [2.05, 4.69) is 10.3 Å². The van der Waals surface area contributed by atoms with Gasteiger partial charge < -0.3 is 19.9 Å². The molecular formula is C28H20Cl2N2O5. The van der Waals surface area contributed by atoms with Gasteiger partial charge in [0, 0.05) is 34.0 Å². The largest absolute Gasteiger partial charge is 0.493 e. The minimum atomic E-state index is -0.922. The van der Waals surface area contributed by atoms with Gasteiger partial charge in [-0.15, -0.1) is 0 Å². The number of carboxylic acid groups (broad SMARTS) is 1. The third-order valence-electron chi connectivity index (χ3n) is 5.93. The molecule has 2 heterocycles. The molecule has 1 aliphatic rings. The molecule has 3 aromatic carbocycles. The maximum atomic E-state index is 12.8. The van der Waals surface area contributed by atoms with Gasteiger partial charge in [0.05, 0.1) is 17.5 Å². The van der Waals surface area contributed by atoms with E-state index in [1.807, 2.05) is 24.3 Å². The van der Waals surface area contributed by atoms with Gasteiger partial charge in [0.1, 0.15) is 23.1 Å². The third kappa shape index (κ3) is 5.38. The highest BCUT2D eigenvalue weighted by atomic mass is 35.5. The Morgan fingerprint density at radius 3 is 2.54 bits per heavy atom. The highest BCUT2D eigenvalue weighted by Gasteiger charge is 2.29. The molecule has 0 spiro atoms. The van der Waals surface area contributed by atoms with Crippen LogP contribution in [0.1, 0.15) is 28.3 Å². The number of nitrogens with zero attached hydrogens (tertiary/aromatic N) is 1. The molecule has 2 N–H and O–H groups in total. The van der Waals surface area contributed by atoms with Gasteiger partial charge in [0.15, 0.2) is 0 Å². The summed E-state index contributed by atoms with van der Waals surface area (Å²) >= 11 is 12.7. The molecule has 1 atom stereocenters. The summed E-state index contributed by atoms with van der Waals surface area (Å²) in [5, 5.41) is 13.1. The van der Waals surface area contributed by atoms with Crippen molar-refractivity contribution in [2.24, 2.45) is 0 Å². The fraction of sp³-hybridized carbons (Fsp3) is 0.107. The molecule has 37 heavy (non-hydrogen) atoms. The quantitative estimate of drug-likeness (QED) is 0.275. The van der Waals surface area contributed by atoms with Crippen LogP contribution in [0, 0.1) is 0 Å². The zero-order valence-corrected chi connectivity index (χ0v) is 20.8. The summed E-state index contributed by atoms with van der Waals surface area (Å²) < 4.78 is 11.5. The average Bonchev–Trinajstić information content (AvgIpc) is 2.89. The molecule has 0 saturated heterocycles.